The summed E-state index contributed by atoms with van der Waals surface area (Å²) in [6.45, 7) is 0. The average molecular weight is 182 g/mol. The first-order valence-electron chi connectivity index (χ1n) is 5.59. The van der Waals surface area contributed by atoms with Crippen LogP contribution in [-0.2, 0) is 0 Å². The second-order valence-corrected chi connectivity index (χ2v) is 6.31. The van der Waals surface area contributed by atoms with Gasteiger partial charge in [-0.15, -0.1) is 0 Å². The van der Waals surface area contributed by atoms with Crippen LogP contribution in [0.5, 0.6) is 0 Å². The summed E-state index contributed by atoms with van der Waals surface area (Å²) in [5, 5.41) is 2.17. The lowest BCUT2D eigenvalue weighted by Crippen LogP contribution is -2.27. The van der Waals surface area contributed by atoms with Crippen molar-refractivity contribution in [3.05, 3.63) is 0 Å². The fourth-order valence-corrected chi connectivity index (χ4v) is 5.51. The van der Waals surface area contributed by atoms with Gasteiger partial charge in [-0.1, -0.05) is 12.8 Å². The fourth-order valence-electron chi connectivity index (χ4n) is 3.52. The van der Waals surface area contributed by atoms with Gasteiger partial charge in [0.15, 0.2) is 0 Å². The van der Waals surface area contributed by atoms with Gasteiger partial charge in [0.05, 0.1) is 0 Å². The van der Waals surface area contributed by atoms with Crippen molar-refractivity contribution in [2.75, 3.05) is 0 Å². The number of hydrogen-bond acceptors (Lipinski definition) is 1. The summed E-state index contributed by atoms with van der Waals surface area (Å²) in [7, 11) is 0. The van der Waals surface area contributed by atoms with Crippen LogP contribution in [0.3, 0.4) is 0 Å². The molecule has 0 unspecified atom stereocenters. The molecule has 0 aromatic heterocycles. The Morgan fingerprint density at radius 1 is 0.750 bits per heavy atom. The molecule has 2 saturated carbocycles. The molecule has 0 aromatic rings. The van der Waals surface area contributed by atoms with Crippen molar-refractivity contribution in [3.63, 3.8) is 0 Å². The van der Waals surface area contributed by atoms with Gasteiger partial charge in [-0.2, -0.15) is 11.8 Å². The van der Waals surface area contributed by atoms with Gasteiger partial charge in [0.2, 0.25) is 0 Å². The van der Waals surface area contributed by atoms with Crippen molar-refractivity contribution in [2.45, 2.75) is 55.4 Å². The molecule has 4 atom stereocenters. The van der Waals surface area contributed by atoms with Gasteiger partial charge in [0, 0.05) is 10.5 Å². The summed E-state index contributed by atoms with van der Waals surface area (Å²) in [6.07, 6.45) is 10.9. The van der Waals surface area contributed by atoms with Gasteiger partial charge in [0.25, 0.3) is 0 Å². The van der Waals surface area contributed by atoms with E-state index in [1.807, 2.05) is 0 Å². The predicted octanol–water partition coefficient (Wildman–Crippen LogP) is 3.46. The molecule has 0 aromatic carbocycles. The predicted molar refractivity (Wildman–Crippen MR) is 54.5 cm³/mol. The lowest BCUT2D eigenvalue weighted by atomic mass is 9.91. The standard InChI is InChI=1S/C11H18S/c1-3-8-7-9-4-2-6-11(9)12-10(8)5-1/h8-11H,1-7H2/t8-,9+,10-,11+. The zero-order valence-electron chi connectivity index (χ0n) is 7.67. The van der Waals surface area contributed by atoms with Crippen LogP contribution < -0.4 is 0 Å². The normalized spacial score (nSPS) is 52.0. The molecule has 1 aliphatic heterocycles. The first-order chi connectivity index (χ1) is 5.93. The van der Waals surface area contributed by atoms with Crippen molar-refractivity contribution in [2.24, 2.45) is 11.8 Å². The van der Waals surface area contributed by atoms with Gasteiger partial charge in [-0.05, 0) is 43.9 Å². The lowest BCUT2D eigenvalue weighted by molar-refractivity contribution is 0.375. The molecule has 0 N–H and O–H groups in total. The molecule has 12 heavy (non-hydrogen) atoms. The van der Waals surface area contributed by atoms with Gasteiger partial charge in [0.1, 0.15) is 0 Å². The number of fused-ring (bicyclic) bond motifs is 2. The maximum absolute atomic E-state index is 2.37. The van der Waals surface area contributed by atoms with Gasteiger partial charge in [-0.25, -0.2) is 0 Å². The molecule has 0 radical (unpaired) electrons. The summed E-state index contributed by atoms with van der Waals surface area (Å²) < 4.78 is 0. The zero-order valence-corrected chi connectivity index (χ0v) is 8.48. The first kappa shape index (κ1) is 7.73. The molecular formula is C11H18S. The topological polar surface area (TPSA) is 0 Å². The Bertz CT molecular complexity index is 142. The number of thioether (sulfide) groups is 1. The van der Waals surface area contributed by atoms with Crippen LogP contribution in [0, 0.1) is 11.8 Å². The third-order valence-corrected chi connectivity index (χ3v) is 6.07. The van der Waals surface area contributed by atoms with E-state index < -0.39 is 0 Å². The van der Waals surface area contributed by atoms with Crippen LogP contribution in [0.4, 0.5) is 0 Å². The molecular weight excluding hydrogens is 164 g/mol. The van der Waals surface area contributed by atoms with E-state index in [1.54, 1.807) is 32.1 Å². The smallest absolute Gasteiger partial charge is 0.00783 e. The Labute approximate surface area is 79.5 Å². The van der Waals surface area contributed by atoms with Crippen LogP contribution in [0.25, 0.3) is 0 Å². The minimum absolute atomic E-state index is 1.09. The van der Waals surface area contributed by atoms with Gasteiger partial charge < -0.3 is 0 Å². The molecule has 3 fully saturated rings. The van der Waals surface area contributed by atoms with E-state index in [2.05, 4.69) is 11.8 Å². The van der Waals surface area contributed by atoms with Crippen molar-refractivity contribution < 1.29 is 0 Å². The van der Waals surface area contributed by atoms with Crippen LogP contribution in [0.1, 0.15) is 44.9 Å². The summed E-state index contributed by atoms with van der Waals surface area (Å²) in [4.78, 5) is 0. The van der Waals surface area contributed by atoms with E-state index in [0.717, 1.165) is 22.3 Å². The van der Waals surface area contributed by atoms with Gasteiger partial charge >= 0.3 is 0 Å². The molecule has 0 nitrogen and oxygen atoms in total. The Balaban J connectivity index is 1.75. The van der Waals surface area contributed by atoms with E-state index >= 15 is 0 Å². The van der Waals surface area contributed by atoms with E-state index in [-0.39, 0.29) is 0 Å². The highest BCUT2D eigenvalue weighted by molar-refractivity contribution is 8.00. The van der Waals surface area contributed by atoms with Crippen molar-refractivity contribution in [1.29, 1.82) is 0 Å². The Hall–Kier alpha value is 0.350. The maximum Gasteiger partial charge on any atom is 0.00783 e. The highest BCUT2D eigenvalue weighted by Crippen LogP contribution is 2.52. The third-order valence-electron chi connectivity index (χ3n) is 4.13. The van der Waals surface area contributed by atoms with E-state index in [9.17, 15) is 0 Å². The van der Waals surface area contributed by atoms with Crippen molar-refractivity contribution in [3.8, 4) is 0 Å². The van der Waals surface area contributed by atoms with Crippen LogP contribution in [0.2, 0.25) is 0 Å². The molecule has 3 rings (SSSR count). The van der Waals surface area contributed by atoms with E-state index in [1.165, 1.54) is 12.8 Å². The minimum atomic E-state index is 1.09. The van der Waals surface area contributed by atoms with Crippen LogP contribution in [0.15, 0.2) is 0 Å². The number of rotatable bonds is 0. The number of hydrogen-bond donors (Lipinski definition) is 0. The Morgan fingerprint density at radius 2 is 1.33 bits per heavy atom. The first-order valence-corrected chi connectivity index (χ1v) is 6.53. The molecule has 0 bridgehead atoms. The summed E-state index contributed by atoms with van der Waals surface area (Å²) in [5.41, 5.74) is 0. The fraction of sp³-hybridized carbons (Fsp3) is 1.00. The van der Waals surface area contributed by atoms with Crippen LogP contribution >= 0.6 is 11.8 Å². The summed E-state index contributed by atoms with van der Waals surface area (Å²) in [6, 6.07) is 0. The quantitative estimate of drug-likeness (QED) is 0.553. The van der Waals surface area contributed by atoms with E-state index in [4.69, 9.17) is 0 Å². The second-order valence-electron chi connectivity index (χ2n) is 4.83. The summed E-state index contributed by atoms with van der Waals surface area (Å²) >= 11 is 2.37. The third kappa shape index (κ3) is 1.13. The highest BCUT2D eigenvalue weighted by Gasteiger charge is 2.41. The minimum Gasteiger partial charge on any atom is -0.155 e. The Kier molecular flexibility index (Phi) is 1.89. The molecule has 3 aliphatic rings. The lowest BCUT2D eigenvalue weighted by Gasteiger charge is -2.34. The van der Waals surface area contributed by atoms with Crippen molar-refractivity contribution >= 4 is 11.8 Å². The molecule has 0 spiro atoms. The molecule has 2 aliphatic carbocycles. The summed E-state index contributed by atoms with van der Waals surface area (Å²) in [5.74, 6) is 2.27. The molecule has 68 valence electrons. The molecule has 1 heterocycles. The zero-order chi connectivity index (χ0) is 7.97. The second kappa shape index (κ2) is 2.94. The highest BCUT2D eigenvalue weighted by atomic mass is 32.2. The average Bonchev–Trinajstić information content (AvgIpc) is 2.64. The molecule has 0 amide bonds. The molecule has 1 heteroatoms. The Morgan fingerprint density at radius 3 is 1.92 bits per heavy atom. The molecule has 1 saturated heterocycles. The van der Waals surface area contributed by atoms with Crippen LogP contribution in [-0.4, -0.2) is 10.5 Å². The van der Waals surface area contributed by atoms with Crippen molar-refractivity contribution in [1.82, 2.24) is 0 Å². The monoisotopic (exact) mass is 182 g/mol. The SMILES string of the molecule is C1C[C@H]2C[C@H]3CCC[C@H]3S[C@H]2C1. The maximum atomic E-state index is 2.37. The van der Waals surface area contributed by atoms with Gasteiger partial charge in [-0.3, -0.25) is 0 Å². The largest absolute Gasteiger partial charge is 0.155 e. The van der Waals surface area contributed by atoms with E-state index in [0.29, 0.717) is 0 Å².